The Hall–Kier alpha value is -3.02. The fourth-order valence-electron chi connectivity index (χ4n) is 5.43. The van der Waals surface area contributed by atoms with Crippen LogP contribution in [0.25, 0.3) is 21.9 Å². The van der Waals surface area contributed by atoms with Gasteiger partial charge in [-0.15, -0.1) is 11.8 Å². The van der Waals surface area contributed by atoms with Crippen molar-refractivity contribution in [2.45, 2.75) is 43.3 Å². The molecule has 1 unspecified atom stereocenters. The van der Waals surface area contributed by atoms with Crippen LogP contribution >= 0.6 is 11.8 Å². The Morgan fingerprint density at radius 3 is 2.34 bits per heavy atom. The van der Waals surface area contributed by atoms with Crippen LogP contribution in [0.4, 0.5) is 4.39 Å². The lowest BCUT2D eigenvalue weighted by atomic mass is 9.89. The number of fused-ring (bicyclic) bond motifs is 5. The van der Waals surface area contributed by atoms with Gasteiger partial charge in [0, 0.05) is 11.4 Å². The second-order valence-electron chi connectivity index (χ2n) is 9.57. The van der Waals surface area contributed by atoms with E-state index in [1.165, 1.54) is 48.9 Å². The number of hydrogen-bond donors (Lipinski definition) is 0. The minimum absolute atomic E-state index is 0.0498. The van der Waals surface area contributed by atoms with Crippen LogP contribution in [0.5, 0.6) is 11.5 Å². The third-order valence-corrected chi connectivity index (χ3v) is 8.65. The van der Waals surface area contributed by atoms with Gasteiger partial charge in [-0.1, -0.05) is 56.7 Å². The second-order valence-corrected chi connectivity index (χ2v) is 10.7. The molecule has 0 saturated carbocycles. The summed E-state index contributed by atoms with van der Waals surface area (Å²) in [6.45, 7) is 8.05. The predicted molar refractivity (Wildman–Crippen MR) is 157 cm³/mol. The lowest BCUT2D eigenvalue weighted by molar-refractivity contribution is 0.183. The number of rotatable bonds is 6. The van der Waals surface area contributed by atoms with E-state index < -0.39 is 0 Å². The van der Waals surface area contributed by atoms with Crippen molar-refractivity contribution in [3.05, 3.63) is 89.7 Å². The van der Waals surface area contributed by atoms with Gasteiger partial charge in [0.25, 0.3) is 0 Å². The van der Waals surface area contributed by atoms with Crippen molar-refractivity contribution in [1.29, 1.82) is 0 Å². The average Bonchev–Trinajstić information content (AvgIpc) is 2.98. The summed E-state index contributed by atoms with van der Waals surface area (Å²) >= 11 is 1.72. The van der Waals surface area contributed by atoms with E-state index in [4.69, 9.17) is 9.47 Å². The molecule has 1 atom stereocenters. The van der Waals surface area contributed by atoms with Crippen LogP contribution in [-0.4, -0.2) is 38.3 Å². The second kappa shape index (κ2) is 12.2. The highest BCUT2D eigenvalue weighted by molar-refractivity contribution is 8.00. The molecule has 198 valence electrons. The van der Waals surface area contributed by atoms with E-state index in [-0.39, 0.29) is 11.1 Å². The molecular formula is C33H36FNO2S. The van der Waals surface area contributed by atoms with Gasteiger partial charge in [-0.25, -0.2) is 4.39 Å². The molecule has 2 heterocycles. The van der Waals surface area contributed by atoms with E-state index in [1.807, 2.05) is 26.0 Å². The maximum Gasteiger partial charge on any atom is 0.124 e. The number of hydrogen-bond acceptors (Lipinski definition) is 4. The van der Waals surface area contributed by atoms with Crippen LogP contribution in [0.15, 0.2) is 77.7 Å². The van der Waals surface area contributed by atoms with Crippen molar-refractivity contribution in [1.82, 2.24) is 4.90 Å². The number of thioether (sulfide) groups is 1. The summed E-state index contributed by atoms with van der Waals surface area (Å²) in [7, 11) is 1.69. The lowest BCUT2D eigenvalue weighted by Crippen LogP contribution is -2.33. The highest BCUT2D eigenvalue weighted by Crippen LogP contribution is 2.54. The molecule has 0 spiro atoms. The number of nitrogens with zero attached hydrogens (tertiary/aromatic N) is 1. The first-order valence-electron chi connectivity index (χ1n) is 13.7. The zero-order valence-electron chi connectivity index (χ0n) is 22.5. The highest BCUT2D eigenvalue weighted by Gasteiger charge is 2.29. The first kappa shape index (κ1) is 26.6. The van der Waals surface area contributed by atoms with E-state index in [9.17, 15) is 4.39 Å². The Kier molecular flexibility index (Phi) is 8.55. The third kappa shape index (κ3) is 5.55. The number of likely N-dealkylation sites (tertiary alicyclic amines) is 1. The normalized spacial score (nSPS) is 16.7. The van der Waals surface area contributed by atoms with Crippen LogP contribution in [0.1, 0.15) is 49.5 Å². The molecule has 5 heteroatoms. The molecule has 6 rings (SSSR count). The molecule has 1 saturated heterocycles. The molecule has 2 aliphatic heterocycles. The third-order valence-electron chi connectivity index (χ3n) is 7.32. The predicted octanol–water partition coefficient (Wildman–Crippen LogP) is 8.74. The molecule has 0 amide bonds. The summed E-state index contributed by atoms with van der Waals surface area (Å²) in [6.07, 6.45) is 3.94. The van der Waals surface area contributed by atoms with Gasteiger partial charge >= 0.3 is 0 Å². The van der Waals surface area contributed by atoms with E-state index in [0.29, 0.717) is 6.61 Å². The zero-order valence-corrected chi connectivity index (χ0v) is 23.3. The van der Waals surface area contributed by atoms with Gasteiger partial charge in [-0.3, -0.25) is 4.90 Å². The molecule has 0 aliphatic carbocycles. The number of benzene rings is 4. The molecule has 2 aliphatic rings. The molecule has 0 bridgehead atoms. The van der Waals surface area contributed by atoms with Crippen molar-refractivity contribution >= 4 is 22.5 Å². The number of methoxy groups -OCH3 is 1. The van der Waals surface area contributed by atoms with E-state index >= 15 is 0 Å². The van der Waals surface area contributed by atoms with Gasteiger partial charge in [-0.05, 0) is 95.4 Å². The van der Waals surface area contributed by atoms with Gasteiger partial charge in [0.2, 0.25) is 0 Å². The average molecular weight is 530 g/mol. The SMILES string of the molecule is CC.COc1ccc2c3c(ccc2c1)-c1ccc(F)cc1SC3c1ccc(OCCN2CCCCC2)cc1. The molecule has 1 fully saturated rings. The maximum atomic E-state index is 14.2. The van der Waals surface area contributed by atoms with Crippen LogP contribution in [0, 0.1) is 5.82 Å². The fourth-order valence-corrected chi connectivity index (χ4v) is 6.83. The molecular weight excluding hydrogens is 493 g/mol. The monoisotopic (exact) mass is 529 g/mol. The van der Waals surface area contributed by atoms with Crippen molar-refractivity contribution < 1.29 is 13.9 Å². The minimum Gasteiger partial charge on any atom is -0.497 e. The highest BCUT2D eigenvalue weighted by atomic mass is 32.2. The van der Waals surface area contributed by atoms with E-state index in [2.05, 4.69) is 53.4 Å². The first-order valence-corrected chi connectivity index (χ1v) is 14.6. The van der Waals surface area contributed by atoms with Gasteiger partial charge in [-0.2, -0.15) is 0 Å². The van der Waals surface area contributed by atoms with Crippen molar-refractivity contribution in [2.75, 3.05) is 33.4 Å². The summed E-state index contributed by atoms with van der Waals surface area (Å²) in [5, 5.41) is 2.39. The zero-order chi connectivity index (χ0) is 26.5. The Bertz CT molecular complexity index is 1380. The Balaban J connectivity index is 0.00000144. The largest absolute Gasteiger partial charge is 0.497 e. The van der Waals surface area contributed by atoms with Crippen molar-refractivity contribution in [2.24, 2.45) is 0 Å². The Labute approximate surface area is 230 Å². The molecule has 0 radical (unpaired) electrons. The Morgan fingerprint density at radius 1 is 0.842 bits per heavy atom. The molecule has 0 N–H and O–H groups in total. The number of ether oxygens (including phenoxy) is 2. The van der Waals surface area contributed by atoms with Crippen LogP contribution in [0.3, 0.4) is 0 Å². The molecule has 0 aromatic heterocycles. The van der Waals surface area contributed by atoms with Crippen LogP contribution in [-0.2, 0) is 0 Å². The topological polar surface area (TPSA) is 21.7 Å². The van der Waals surface area contributed by atoms with Gasteiger partial charge in [0.1, 0.15) is 23.9 Å². The first-order chi connectivity index (χ1) is 18.7. The minimum atomic E-state index is -0.202. The molecule has 4 aromatic carbocycles. The summed E-state index contributed by atoms with van der Waals surface area (Å²) in [5.74, 6) is 1.54. The molecule has 3 nitrogen and oxygen atoms in total. The number of halogens is 1. The summed E-state index contributed by atoms with van der Waals surface area (Å²) in [5.41, 5.74) is 4.69. The van der Waals surface area contributed by atoms with Crippen molar-refractivity contribution in [3.8, 4) is 22.6 Å². The number of piperidine rings is 1. The maximum absolute atomic E-state index is 14.2. The molecule has 38 heavy (non-hydrogen) atoms. The van der Waals surface area contributed by atoms with Crippen LogP contribution < -0.4 is 9.47 Å². The Morgan fingerprint density at radius 2 is 1.58 bits per heavy atom. The van der Waals surface area contributed by atoms with E-state index in [1.54, 1.807) is 31.0 Å². The fraction of sp³-hybridized carbons (Fsp3) is 0.333. The summed E-state index contributed by atoms with van der Waals surface area (Å²) in [6, 6.07) is 24.1. The summed E-state index contributed by atoms with van der Waals surface area (Å²) < 4.78 is 25.7. The van der Waals surface area contributed by atoms with E-state index in [0.717, 1.165) is 39.5 Å². The molecule has 4 aromatic rings. The summed E-state index contributed by atoms with van der Waals surface area (Å²) in [4.78, 5) is 3.46. The quantitative estimate of drug-likeness (QED) is 0.249. The van der Waals surface area contributed by atoms with Crippen molar-refractivity contribution in [3.63, 3.8) is 0 Å². The van der Waals surface area contributed by atoms with Crippen LogP contribution in [0.2, 0.25) is 0 Å². The smallest absolute Gasteiger partial charge is 0.124 e. The van der Waals surface area contributed by atoms with Gasteiger partial charge in [0.15, 0.2) is 0 Å². The lowest BCUT2D eigenvalue weighted by Gasteiger charge is -2.29. The van der Waals surface area contributed by atoms with Gasteiger partial charge < -0.3 is 9.47 Å². The van der Waals surface area contributed by atoms with Gasteiger partial charge in [0.05, 0.1) is 12.4 Å². The standard InChI is InChI=1S/C31H30FNO2S.C2H6/c1-34-25-11-14-26-22(19-25)7-12-28-27-13-8-23(32)20-29(27)36-31(30(26)28)21-5-9-24(10-6-21)35-18-17-33-15-3-2-4-16-33;1-2/h5-14,19-20,31H,2-4,15-18H2,1H3;1-2H3.